The topological polar surface area (TPSA) is 32.8 Å². The van der Waals surface area contributed by atoms with E-state index in [1.807, 2.05) is 64.6 Å². The summed E-state index contributed by atoms with van der Waals surface area (Å²) in [7, 11) is 8.06. The Morgan fingerprint density at radius 2 is 1.64 bits per heavy atom. The van der Waals surface area contributed by atoms with Gasteiger partial charge in [0.1, 0.15) is 12.4 Å². The first-order valence-electron chi connectivity index (χ1n) is 11.3. The van der Waals surface area contributed by atoms with Crippen molar-refractivity contribution in [3.63, 3.8) is 0 Å². The largest absolute Gasteiger partial charge is 0.492 e. The molecule has 0 atom stereocenters. The highest BCUT2D eigenvalue weighted by Gasteiger charge is 2.10. The highest BCUT2D eigenvalue weighted by atomic mass is 16.5. The smallest absolute Gasteiger partial charge is 0.186 e. The van der Waals surface area contributed by atoms with Gasteiger partial charge in [0.25, 0.3) is 0 Å². The maximum Gasteiger partial charge on any atom is 0.186 e. The van der Waals surface area contributed by atoms with Crippen LogP contribution < -0.4 is 4.74 Å². The summed E-state index contributed by atoms with van der Waals surface area (Å²) in [6.07, 6.45) is 3.53. The van der Waals surface area contributed by atoms with Gasteiger partial charge < -0.3 is 14.5 Å². The SMILES string of the molecule is Cc1cccc(-c2ccc(OCCN(C)C)c(C=CC(=O)c3ccccc3CN(C)C)c2)c1. The third kappa shape index (κ3) is 7.14. The Kier molecular flexibility index (Phi) is 8.58. The van der Waals surface area contributed by atoms with Crippen LogP contribution in [0.15, 0.2) is 72.8 Å². The summed E-state index contributed by atoms with van der Waals surface area (Å²) in [6.45, 7) is 4.21. The number of aryl methyl sites for hydroxylation is 1. The Labute approximate surface area is 198 Å². The molecule has 0 spiro atoms. The fraction of sp³-hybridized carbons (Fsp3) is 0.276. The third-order valence-corrected chi connectivity index (χ3v) is 5.34. The molecule has 0 saturated carbocycles. The number of hydrogen-bond acceptors (Lipinski definition) is 4. The fourth-order valence-electron chi connectivity index (χ4n) is 3.65. The van der Waals surface area contributed by atoms with Crippen molar-refractivity contribution in [2.45, 2.75) is 13.5 Å². The van der Waals surface area contributed by atoms with Crippen molar-refractivity contribution in [1.82, 2.24) is 9.80 Å². The van der Waals surface area contributed by atoms with Crippen LogP contribution in [0.3, 0.4) is 0 Å². The molecule has 0 aliphatic heterocycles. The molecule has 3 aromatic carbocycles. The molecule has 4 nitrogen and oxygen atoms in total. The number of likely N-dealkylation sites (N-methyl/N-ethyl adjacent to an activating group) is 1. The second-order valence-corrected chi connectivity index (χ2v) is 8.87. The van der Waals surface area contributed by atoms with E-state index in [2.05, 4.69) is 53.1 Å². The third-order valence-electron chi connectivity index (χ3n) is 5.34. The lowest BCUT2D eigenvalue weighted by Crippen LogP contribution is -2.19. The standard InChI is InChI=1S/C29H34N2O2/c1-22-9-8-11-23(19-22)24-14-16-29(33-18-17-30(2)3)25(20-24)13-15-28(32)27-12-7-6-10-26(27)21-31(4)5/h6-16,19-20H,17-18,21H2,1-5H3. The van der Waals surface area contributed by atoms with Crippen molar-refractivity contribution in [3.8, 4) is 16.9 Å². The number of ether oxygens (including phenoxy) is 1. The minimum absolute atomic E-state index is 0.00681. The van der Waals surface area contributed by atoms with E-state index in [1.54, 1.807) is 6.08 Å². The summed E-state index contributed by atoms with van der Waals surface area (Å²) in [5.41, 5.74) is 6.10. The minimum Gasteiger partial charge on any atom is -0.492 e. The maximum atomic E-state index is 13.1. The number of nitrogens with zero attached hydrogens (tertiary/aromatic N) is 2. The Balaban J connectivity index is 1.92. The zero-order valence-electron chi connectivity index (χ0n) is 20.3. The van der Waals surface area contributed by atoms with E-state index in [9.17, 15) is 4.79 Å². The average molecular weight is 443 g/mol. The Morgan fingerprint density at radius 1 is 0.879 bits per heavy atom. The molecule has 0 N–H and O–H groups in total. The van der Waals surface area contributed by atoms with Gasteiger partial charge in [0.2, 0.25) is 0 Å². The van der Waals surface area contributed by atoms with Gasteiger partial charge in [-0.2, -0.15) is 0 Å². The fourth-order valence-corrected chi connectivity index (χ4v) is 3.65. The molecule has 0 aliphatic rings. The molecule has 0 fully saturated rings. The van der Waals surface area contributed by atoms with Gasteiger partial charge in [0, 0.05) is 24.2 Å². The molecule has 0 radical (unpaired) electrons. The molecule has 0 amide bonds. The lowest BCUT2D eigenvalue weighted by molar-refractivity contribution is 0.104. The van der Waals surface area contributed by atoms with Gasteiger partial charge in [-0.25, -0.2) is 0 Å². The van der Waals surface area contributed by atoms with E-state index in [4.69, 9.17) is 4.74 Å². The number of carbonyl (C=O) groups is 1. The molecule has 0 unspecified atom stereocenters. The van der Waals surface area contributed by atoms with Gasteiger partial charge in [0.05, 0.1) is 0 Å². The van der Waals surface area contributed by atoms with Crippen molar-refractivity contribution >= 4 is 11.9 Å². The summed E-state index contributed by atoms with van der Waals surface area (Å²) < 4.78 is 6.07. The predicted molar refractivity (Wildman–Crippen MR) is 138 cm³/mol. The monoisotopic (exact) mass is 442 g/mol. The molecule has 33 heavy (non-hydrogen) atoms. The first kappa shape index (κ1) is 24.4. The Bertz CT molecular complexity index is 1120. The predicted octanol–water partition coefficient (Wildman–Crippen LogP) is 5.56. The minimum atomic E-state index is -0.00681. The van der Waals surface area contributed by atoms with Gasteiger partial charge in [-0.3, -0.25) is 4.79 Å². The summed E-state index contributed by atoms with van der Waals surface area (Å²) >= 11 is 0. The molecular weight excluding hydrogens is 408 g/mol. The van der Waals surface area contributed by atoms with Crippen LogP contribution in [0, 0.1) is 6.92 Å². The molecule has 172 valence electrons. The summed E-state index contributed by atoms with van der Waals surface area (Å²) in [6, 6.07) is 22.4. The van der Waals surface area contributed by atoms with E-state index in [1.165, 1.54) is 5.56 Å². The summed E-state index contributed by atoms with van der Waals surface area (Å²) in [4.78, 5) is 17.2. The van der Waals surface area contributed by atoms with E-state index in [0.29, 0.717) is 6.61 Å². The number of hydrogen-bond donors (Lipinski definition) is 0. The van der Waals surface area contributed by atoms with Crippen LogP contribution in [0.2, 0.25) is 0 Å². The van der Waals surface area contributed by atoms with Crippen molar-refractivity contribution < 1.29 is 9.53 Å². The molecule has 0 aliphatic carbocycles. The zero-order valence-corrected chi connectivity index (χ0v) is 20.3. The molecule has 0 heterocycles. The van der Waals surface area contributed by atoms with Crippen molar-refractivity contribution in [3.05, 3.63) is 95.1 Å². The number of benzene rings is 3. The van der Waals surface area contributed by atoms with Gasteiger partial charge in [-0.05, 0) is 76.1 Å². The quantitative estimate of drug-likeness (QED) is 0.304. The van der Waals surface area contributed by atoms with E-state index >= 15 is 0 Å². The first-order chi connectivity index (χ1) is 15.8. The van der Waals surface area contributed by atoms with Gasteiger partial charge >= 0.3 is 0 Å². The van der Waals surface area contributed by atoms with E-state index in [-0.39, 0.29) is 5.78 Å². The molecule has 3 rings (SSSR count). The number of ketones is 1. The second-order valence-electron chi connectivity index (χ2n) is 8.87. The van der Waals surface area contributed by atoms with Crippen LogP contribution in [-0.4, -0.2) is 56.9 Å². The second kappa shape index (κ2) is 11.6. The van der Waals surface area contributed by atoms with Crippen LogP contribution in [0.25, 0.3) is 17.2 Å². The molecule has 0 aromatic heterocycles. The van der Waals surface area contributed by atoms with Crippen molar-refractivity contribution in [2.24, 2.45) is 0 Å². The summed E-state index contributed by atoms with van der Waals surface area (Å²) in [5.74, 6) is 0.770. The van der Waals surface area contributed by atoms with E-state index in [0.717, 1.165) is 46.7 Å². The Morgan fingerprint density at radius 3 is 2.36 bits per heavy atom. The van der Waals surface area contributed by atoms with Gasteiger partial charge in [0.15, 0.2) is 5.78 Å². The summed E-state index contributed by atoms with van der Waals surface area (Å²) in [5, 5.41) is 0. The molecule has 3 aromatic rings. The normalized spacial score (nSPS) is 11.5. The molecule has 4 heteroatoms. The van der Waals surface area contributed by atoms with Gasteiger partial charge in [-0.1, -0.05) is 60.2 Å². The van der Waals surface area contributed by atoms with E-state index < -0.39 is 0 Å². The zero-order chi connectivity index (χ0) is 23.8. The number of rotatable bonds is 10. The van der Waals surface area contributed by atoms with Crippen molar-refractivity contribution in [1.29, 1.82) is 0 Å². The van der Waals surface area contributed by atoms with Crippen LogP contribution in [0.1, 0.15) is 27.0 Å². The van der Waals surface area contributed by atoms with Crippen LogP contribution in [0.4, 0.5) is 0 Å². The lowest BCUT2D eigenvalue weighted by atomic mass is 9.99. The van der Waals surface area contributed by atoms with Crippen LogP contribution in [-0.2, 0) is 6.54 Å². The Hall–Kier alpha value is -3.21. The van der Waals surface area contributed by atoms with Gasteiger partial charge in [-0.15, -0.1) is 0 Å². The van der Waals surface area contributed by atoms with Crippen LogP contribution in [0.5, 0.6) is 5.75 Å². The highest BCUT2D eigenvalue weighted by molar-refractivity contribution is 6.08. The molecule has 0 bridgehead atoms. The average Bonchev–Trinajstić information content (AvgIpc) is 2.77. The molecular formula is C29H34N2O2. The highest BCUT2D eigenvalue weighted by Crippen LogP contribution is 2.29. The lowest BCUT2D eigenvalue weighted by Gasteiger charge is -2.14. The molecule has 0 saturated heterocycles. The van der Waals surface area contributed by atoms with Crippen LogP contribution >= 0.6 is 0 Å². The maximum absolute atomic E-state index is 13.1. The first-order valence-corrected chi connectivity index (χ1v) is 11.3. The number of carbonyl (C=O) groups excluding carboxylic acids is 1. The van der Waals surface area contributed by atoms with Crippen molar-refractivity contribution in [2.75, 3.05) is 41.3 Å². The number of allylic oxidation sites excluding steroid dienone is 1.